The second kappa shape index (κ2) is 6.80. The van der Waals surface area contributed by atoms with Crippen LogP contribution in [0.25, 0.3) is 27.0 Å². The first-order chi connectivity index (χ1) is 13.3. The average Bonchev–Trinajstić information content (AvgIpc) is 3.37. The van der Waals surface area contributed by atoms with E-state index >= 15 is 0 Å². The highest BCUT2D eigenvalue weighted by molar-refractivity contribution is 5.85. The van der Waals surface area contributed by atoms with Crippen LogP contribution in [-0.4, -0.2) is 23.1 Å². The van der Waals surface area contributed by atoms with Crippen LogP contribution in [0.15, 0.2) is 30.6 Å². The van der Waals surface area contributed by atoms with Gasteiger partial charge in [-0.3, -0.25) is 0 Å². The molecule has 0 radical (unpaired) electrons. The summed E-state index contributed by atoms with van der Waals surface area (Å²) in [4.78, 5) is 11.3. The average molecular weight is 358 g/mol. The second-order valence-corrected chi connectivity index (χ2v) is 7.40. The van der Waals surface area contributed by atoms with Crippen molar-refractivity contribution in [3.05, 3.63) is 64.3 Å². The summed E-state index contributed by atoms with van der Waals surface area (Å²) in [6.45, 7) is 10.1. The Balaban J connectivity index is 1.64. The molecule has 0 amide bonds. The van der Waals surface area contributed by atoms with Gasteiger partial charge in [-0.1, -0.05) is 6.07 Å². The second-order valence-electron chi connectivity index (χ2n) is 7.40. The topological polar surface area (TPSA) is 54.3 Å². The number of aromatic nitrogens is 2. The van der Waals surface area contributed by atoms with Crippen LogP contribution in [0, 0.1) is 6.57 Å². The first-order valence-electron chi connectivity index (χ1n) is 9.60. The molecule has 1 saturated heterocycles. The molecular weight excluding hydrogens is 336 g/mol. The Morgan fingerprint density at radius 3 is 3.07 bits per heavy atom. The van der Waals surface area contributed by atoms with E-state index in [0.29, 0.717) is 19.2 Å². The fraction of sp³-hybridized carbons (Fsp3) is 0.364. The number of rotatable bonds is 3. The van der Waals surface area contributed by atoms with E-state index in [9.17, 15) is 0 Å². The maximum Gasteiger partial charge on any atom is 0.241 e. The SMILES string of the molecule is [C-]#[N+]Cc1c[nH]c2ncc(-c3cc4c(c([C@@H]5CCCN5)c3)COCC4)cc12. The monoisotopic (exact) mass is 358 g/mol. The van der Waals surface area contributed by atoms with E-state index < -0.39 is 0 Å². The third-order valence-electron chi connectivity index (χ3n) is 5.77. The molecule has 0 unspecified atom stereocenters. The van der Waals surface area contributed by atoms with Crippen molar-refractivity contribution < 1.29 is 4.74 Å². The minimum absolute atomic E-state index is 0.379. The number of H-pyrrole nitrogens is 1. The Kier molecular flexibility index (Phi) is 4.16. The minimum Gasteiger partial charge on any atom is -0.376 e. The zero-order valence-electron chi connectivity index (χ0n) is 15.2. The van der Waals surface area contributed by atoms with Gasteiger partial charge in [0, 0.05) is 29.4 Å². The Bertz CT molecular complexity index is 1040. The normalized spacial score (nSPS) is 19.1. The van der Waals surface area contributed by atoms with E-state index in [4.69, 9.17) is 11.3 Å². The van der Waals surface area contributed by atoms with Gasteiger partial charge in [0.2, 0.25) is 6.54 Å². The molecule has 1 aromatic carbocycles. The molecule has 27 heavy (non-hydrogen) atoms. The quantitative estimate of drug-likeness (QED) is 0.692. The molecule has 5 nitrogen and oxygen atoms in total. The summed E-state index contributed by atoms with van der Waals surface area (Å²) in [5, 5.41) is 4.69. The fourth-order valence-corrected chi connectivity index (χ4v) is 4.37. The molecule has 136 valence electrons. The predicted octanol–water partition coefficient (Wildman–Crippen LogP) is 4.15. The van der Waals surface area contributed by atoms with Crippen LogP contribution in [0.5, 0.6) is 0 Å². The van der Waals surface area contributed by atoms with Gasteiger partial charge in [-0.15, -0.1) is 0 Å². The van der Waals surface area contributed by atoms with Gasteiger partial charge in [0.25, 0.3) is 0 Å². The van der Waals surface area contributed by atoms with Gasteiger partial charge in [-0.2, -0.15) is 0 Å². The van der Waals surface area contributed by atoms with E-state index in [2.05, 4.69) is 38.3 Å². The number of hydrogen-bond acceptors (Lipinski definition) is 3. The van der Waals surface area contributed by atoms with Gasteiger partial charge >= 0.3 is 0 Å². The molecular formula is C22H22N4O. The minimum atomic E-state index is 0.379. The molecule has 4 heterocycles. The van der Waals surface area contributed by atoms with Crippen LogP contribution in [0.3, 0.4) is 0 Å². The maximum absolute atomic E-state index is 7.17. The largest absolute Gasteiger partial charge is 0.376 e. The lowest BCUT2D eigenvalue weighted by Gasteiger charge is -2.24. The van der Waals surface area contributed by atoms with Gasteiger partial charge in [-0.25, -0.2) is 11.6 Å². The smallest absolute Gasteiger partial charge is 0.241 e. The van der Waals surface area contributed by atoms with Crippen molar-refractivity contribution in [3.63, 3.8) is 0 Å². The molecule has 5 heteroatoms. The first-order valence-corrected chi connectivity index (χ1v) is 9.60. The summed E-state index contributed by atoms with van der Waals surface area (Å²) in [5.74, 6) is 0. The summed E-state index contributed by atoms with van der Waals surface area (Å²) in [7, 11) is 0. The number of nitrogens with one attached hydrogen (secondary N) is 2. The maximum atomic E-state index is 7.17. The number of hydrogen-bond donors (Lipinski definition) is 2. The summed E-state index contributed by atoms with van der Waals surface area (Å²) < 4.78 is 5.76. The van der Waals surface area contributed by atoms with Crippen molar-refractivity contribution in [1.29, 1.82) is 0 Å². The van der Waals surface area contributed by atoms with Gasteiger partial charge in [0.05, 0.1) is 18.8 Å². The molecule has 3 aromatic rings. The van der Waals surface area contributed by atoms with Crippen LogP contribution in [-0.2, 0) is 24.3 Å². The molecule has 0 spiro atoms. The van der Waals surface area contributed by atoms with Crippen molar-refractivity contribution in [3.8, 4) is 11.1 Å². The van der Waals surface area contributed by atoms with Crippen molar-refractivity contribution in [2.24, 2.45) is 0 Å². The highest BCUT2D eigenvalue weighted by Gasteiger charge is 2.24. The van der Waals surface area contributed by atoms with Gasteiger partial charge in [0.15, 0.2) is 0 Å². The highest BCUT2D eigenvalue weighted by Crippen LogP contribution is 2.35. The van der Waals surface area contributed by atoms with Crippen molar-refractivity contribution >= 4 is 11.0 Å². The lowest BCUT2D eigenvalue weighted by Crippen LogP contribution is -2.19. The first kappa shape index (κ1) is 16.5. The molecule has 2 aliphatic rings. The van der Waals surface area contributed by atoms with Crippen molar-refractivity contribution in [2.75, 3.05) is 13.2 Å². The van der Waals surface area contributed by atoms with Crippen molar-refractivity contribution in [2.45, 2.75) is 38.5 Å². The Morgan fingerprint density at radius 1 is 1.26 bits per heavy atom. The summed E-state index contributed by atoms with van der Waals surface area (Å²) in [5.41, 5.74) is 8.34. The van der Waals surface area contributed by atoms with Crippen LogP contribution >= 0.6 is 0 Å². The zero-order chi connectivity index (χ0) is 18.2. The Hall–Kier alpha value is -2.68. The standard InChI is InChI=1S/C22H22N4O/c1-23-10-17-12-26-22-18(17)9-16(11-25-22)15-7-14-4-6-27-13-20(14)19(8-15)21-3-2-5-24-21/h7-9,11-12,21,24H,2-6,10,13H2,(H,25,26)/t21-/m0/s1. The number of fused-ring (bicyclic) bond motifs is 2. The summed E-state index contributed by atoms with van der Waals surface area (Å²) in [6.07, 6.45) is 7.21. The number of aromatic amines is 1. The lowest BCUT2D eigenvalue weighted by molar-refractivity contribution is 0.109. The van der Waals surface area contributed by atoms with Crippen LogP contribution in [0.4, 0.5) is 0 Å². The third kappa shape index (κ3) is 2.91. The van der Waals surface area contributed by atoms with Crippen LogP contribution < -0.4 is 5.32 Å². The predicted molar refractivity (Wildman–Crippen MR) is 105 cm³/mol. The molecule has 5 rings (SSSR count). The number of benzene rings is 1. The van der Waals surface area contributed by atoms with E-state index in [1.165, 1.54) is 35.1 Å². The molecule has 2 N–H and O–H groups in total. The van der Waals surface area contributed by atoms with Crippen LogP contribution in [0.1, 0.15) is 41.1 Å². The van der Waals surface area contributed by atoms with Gasteiger partial charge < -0.3 is 19.9 Å². The van der Waals surface area contributed by atoms with Gasteiger partial charge in [0.1, 0.15) is 5.65 Å². The van der Waals surface area contributed by atoms with E-state index in [1.54, 1.807) is 0 Å². The number of pyridine rings is 1. The highest BCUT2D eigenvalue weighted by atomic mass is 16.5. The molecule has 0 bridgehead atoms. The van der Waals surface area contributed by atoms with E-state index in [0.717, 1.165) is 41.7 Å². The fourth-order valence-electron chi connectivity index (χ4n) is 4.37. The molecule has 1 atom stereocenters. The summed E-state index contributed by atoms with van der Waals surface area (Å²) in [6, 6.07) is 7.22. The van der Waals surface area contributed by atoms with E-state index in [-0.39, 0.29) is 0 Å². The summed E-state index contributed by atoms with van der Waals surface area (Å²) >= 11 is 0. The molecule has 0 aliphatic carbocycles. The zero-order valence-corrected chi connectivity index (χ0v) is 15.2. The third-order valence-corrected chi connectivity index (χ3v) is 5.77. The molecule has 1 fully saturated rings. The Labute approximate surface area is 158 Å². The van der Waals surface area contributed by atoms with E-state index in [1.807, 2.05) is 12.4 Å². The molecule has 2 aliphatic heterocycles. The molecule has 0 saturated carbocycles. The number of ether oxygens (including phenoxy) is 1. The van der Waals surface area contributed by atoms with Gasteiger partial charge in [-0.05, 0) is 60.2 Å². The Morgan fingerprint density at radius 2 is 2.22 bits per heavy atom. The molecule has 2 aromatic heterocycles. The lowest BCUT2D eigenvalue weighted by atomic mass is 9.88. The number of nitrogens with zero attached hydrogens (tertiary/aromatic N) is 2. The van der Waals surface area contributed by atoms with Crippen LogP contribution in [0.2, 0.25) is 0 Å². The van der Waals surface area contributed by atoms with Crippen molar-refractivity contribution in [1.82, 2.24) is 15.3 Å².